The molecule has 1 heterocycles. The van der Waals surface area contributed by atoms with E-state index in [1.807, 2.05) is 42.5 Å². The van der Waals surface area contributed by atoms with Gasteiger partial charge in [-0.3, -0.25) is 4.98 Å². The maximum Gasteiger partial charge on any atom is 0.0960 e. The summed E-state index contributed by atoms with van der Waals surface area (Å²) in [4.78, 5) is 4.55. The van der Waals surface area contributed by atoms with Gasteiger partial charge < -0.3 is 5.11 Å². The first-order chi connectivity index (χ1) is 10.3. The van der Waals surface area contributed by atoms with Crippen LogP contribution in [0.5, 0.6) is 0 Å². The summed E-state index contributed by atoms with van der Waals surface area (Å²) >= 11 is 0. The van der Waals surface area contributed by atoms with Crippen LogP contribution in [0.25, 0.3) is 10.9 Å². The van der Waals surface area contributed by atoms with Gasteiger partial charge in [0.1, 0.15) is 0 Å². The molecule has 1 unspecified atom stereocenters. The zero-order valence-corrected chi connectivity index (χ0v) is 11.9. The van der Waals surface area contributed by atoms with Gasteiger partial charge in [0.2, 0.25) is 0 Å². The number of aromatic nitrogens is 1. The van der Waals surface area contributed by atoms with Gasteiger partial charge in [-0.2, -0.15) is 0 Å². The monoisotopic (exact) mass is 277 g/mol. The second kappa shape index (κ2) is 6.51. The first kappa shape index (κ1) is 13.8. The lowest BCUT2D eigenvalue weighted by Gasteiger charge is -2.11. The van der Waals surface area contributed by atoms with Gasteiger partial charge in [-0.05, 0) is 37.0 Å². The molecule has 0 bridgehead atoms. The predicted molar refractivity (Wildman–Crippen MR) is 86.1 cm³/mol. The minimum atomic E-state index is -0.488. The fraction of sp³-hybridized carbons (Fsp3) is 0.211. The molecule has 3 aromatic rings. The minimum absolute atomic E-state index is 0.488. The van der Waals surface area contributed by atoms with Crippen LogP contribution in [0.2, 0.25) is 0 Å². The standard InChI is InChI=1S/C19H19NO/c21-19(12-6-9-15-7-2-1-3-8-15)18-14-13-16-10-4-5-11-17(16)20-18/h1-5,7-8,10-11,13-14,19,21H,6,9,12H2. The molecule has 0 fully saturated rings. The second-order valence-corrected chi connectivity index (χ2v) is 5.32. The smallest absolute Gasteiger partial charge is 0.0960 e. The van der Waals surface area contributed by atoms with Crippen LogP contribution < -0.4 is 0 Å². The van der Waals surface area contributed by atoms with Crippen molar-refractivity contribution in [2.45, 2.75) is 25.4 Å². The molecule has 1 aromatic heterocycles. The van der Waals surface area contributed by atoms with Gasteiger partial charge in [0.25, 0.3) is 0 Å². The van der Waals surface area contributed by atoms with Crippen molar-refractivity contribution in [3.8, 4) is 0 Å². The van der Waals surface area contributed by atoms with E-state index in [0.29, 0.717) is 0 Å². The summed E-state index contributed by atoms with van der Waals surface area (Å²) in [5, 5.41) is 11.4. The summed E-state index contributed by atoms with van der Waals surface area (Å²) in [6, 6.07) is 22.3. The molecule has 0 radical (unpaired) electrons. The number of fused-ring (bicyclic) bond motifs is 1. The number of aryl methyl sites for hydroxylation is 1. The number of nitrogens with zero attached hydrogens (tertiary/aromatic N) is 1. The summed E-state index contributed by atoms with van der Waals surface area (Å²) in [7, 11) is 0. The van der Waals surface area contributed by atoms with Gasteiger partial charge in [0, 0.05) is 5.39 Å². The molecule has 106 valence electrons. The van der Waals surface area contributed by atoms with Gasteiger partial charge >= 0.3 is 0 Å². The third-order valence-electron chi connectivity index (χ3n) is 3.75. The molecule has 2 nitrogen and oxygen atoms in total. The first-order valence-corrected chi connectivity index (χ1v) is 7.40. The Morgan fingerprint density at radius 2 is 1.62 bits per heavy atom. The molecule has 0 saturated heterocycles. The summed E-state index contributed by atoms with van der Waals surface area (Å²) in [6.45, 7) is 0. The van der Waals surface area contributed by atoms with E-state index in [-0.39, 0.29) is 0 Å². The van der Waals surface area contributed by atoms with E-state index < -0.39 is 6.10 Å². The number of aliphatic hydroxyl groups is 1. The zero-order valence-electron chi connectivity index (χ0n) is 11.9. The number of benzene rings is 2. The summed E-state index contributed by atoms with van der Waals surface area (Å²) in [5.74, 6) is 0. The van der Waals surface area contributed by atoms with Crippen LogP contribution in [0.1, 0.15) is 30.2 Å². The molecule has 2 heteroatoms. The van der Waals surface area contributed by atoms with Gasteiger partial charge in [-0.15, -0.1) is 0 Å². The topological polar surface area (TPSA) is 33.1 Å². The van der Waals surface area contributed by atoms with E-state index in [0.717, 1.165) is 35.9 Å². The highest BCUT2D eigenvalue weighted by molar-refractivity contribution is 5.78. The van der Waals surface area contributed by atoms with Crippen molar-refractivity contribution >= 4 is 10.9 Å². The van der Waals surface area contributed by atoms with E-state index in [1.54, 1.807) is 0 Å². The maximum absolute atomic E-state index is 10.3. The Kier molecular flexibility index (Phi) is 4.27. The largest absolute Gasteiger partial charge is 0.387 e. The number of hydrogen-bond donors (Lipinski definition) is 1. The normalized spacial score (nSPS) is 12.4. The van der Waals surface area contributed by atoms with Crippen LogP contribution in [-0.2, 0) is 6.42 Å². The Bertz CT molecular complexity index is 709. The molecule has 21 heavy (non-hydrogen) atoms. The molecular weight excluding hydrogens is 258 g/mol. The SMILES string of the molecule is OC(CCCc1ccccc1)c1ccc2ccccc2n1. The highest BCUT2D eigenvalue weighted by atomic mass is 16.3. The van der Waals surface area contributed by atoms with Crippen molar-refractivity contribution in [2.75, 3.05) is 0 Å². The number of para-hydroxylation sites is 1. The minimum Gasteiger partial charge on any atom is -0.387 e. The first-order valence-electron chi connectivity index (χ1n) is 7.40. The Morgan fingerprint density at radius 3 is 2.48 bits per heavy atom. The van der Waals surface area contributed by atoms with E-state index in [2.05, 4.69) is 29.2 Å². The van der Waals surface area contributed by atoms with E-state index >= 15 is 0 Å². The van der Waals surface area contributed by atoms with Crippen molar-refractivity contribution in [1.29, 1.82) is 0 Å². The number of hydrogen-bond acceptors (Lipinski definition) is 2. The molecule has 2 aromatic carbocycles. The van der Waals surface area contributed by atoms with Crippen LogP contribution >= 0.6 is 0 Å². The van der Waals surface area contributed by atoms with Crippen LogP contribution in [-0.4, -0.2) is 10.1 Å². The molecule has 0 aliphatic carbocycles. The van der Waals surface area contributed by atoms with E-state index in [1.165, 1.54) is 5.56 Å². The number of aliphatic hydroxyl groups excluding tert-OH is 1. The maximum atomic E-state index is 10.3. The van der Waals surface area contributed by atoms with Gasteiger partial charge in [-0.1, -0.05) is 54.6 Å². The Balaban J connectivity index is 1.62. The highest BCUT2D eigenvalue weighted by Gasteiger charge is 2.09. The molecule has 0 saturated carbocycles. The summed E-state index contributed by atoms with van der Waals surface area (Å²) in [6.07, 6.45) is 2.20. The zero-order chi connectivity index (χ0) is 14.5. The van der Waals surface area contributed by atoms with Gasteiger partial charge in [0.15, 0.2) is 0 Å². The van der Waals surface area contributed by atoms with E-state index in [9.17, 15) is 5.11 Å². The Morgan fingerprint density at radius 1 is 0.857 bits per heavy atom. The molecule has 1 N–H and O–H groups in total. The summed E-state index contributed by atoms with van der Waals surface area (Å²) in [5.41, 5.74) is 3.02. The molecule has 0 spiro atoms. The third-order valence-corrected chi connectivity index (χ3v) is 3.75. The van der Waals surface area contributed by atoms with Gasteiger partial charge in [-0.25, -0.2) is 0 Å². The fourth-order valence-corrected chi connectivity index (χ4v) is 2.56. The van der Waals surface area contributed by atoms with Crippen molar-refractivity contribution in [3.63, 3.8) is 0 Å². The fourth-order valence-electron chi connectivity index (χ4n) is 2.56. The quantitative estimate of drug-likeness (QED) is 0.754. The van der Waals surface area contributed by atoms with Crippen LogP contribution in [0, 0.1) is 0 Å². The predicted octanol–water partition coefficient (Wildman–Crippen LogP) is 4.29. The summed E-state index contributed by atoms with van der Waals surface area (Å²) < 4.78 is 0. The molecule has 0 amide bonds. The molecular formula is C19H19NO. The van der Waals surface area contributed by atoms with Gasteiger partial charge in [0.05, 0.1) is 17.3 Å². The lowest BCUT2D eigenvalue weighted by Crippen LogP contribution is -2.01. The van der Waals surface area contributed by atoms with Crippen LogP contribution in [0.15, 0.2) is 66.7 Å². The second-order valence-electron chi connectivity index (χ2n) is 5.32. The number of rotatable bonds is 5. The third kappa shape index (κ3) is 3.47. The molecule has 3 rings (SSSR count). The molecule has 0 aliphatic rings. The lowest BCUT2D eigenvalue weighted by atomic mass is 10.0. The lowest BCUT2D eigenvalue weighted by molar-refractivity contribution is 0.160. The molecule has 0 aliphatic heterocycles. The molecule has 1 atom stereocenters. The van der Waals surface area contributed by atoms with Crippen molar-refractivity contribution in [3.05, 3.63) is 78.0 Å². The van der Waals surface area contributed by atoms with E-state index in [4.69, 9.17) is 0 Å². The Hall–Kier alpha value is -2.19. The van der Waals surface area contributed by atoms with Crippen molar-refractivity contribution < 1.29 is 5.11 Å². The average Bonchev–Trinajstić information content (AvgIpc) is 2.55. The highest BCUT2D eigenvalue weighted by Crippen LogP contribution is 2.21. The van der Waals surface area contributed by atoms with Crippen LogP contribution in [0.3, 0.4) is 0 Å². The van der Waals surface area contributed by atoms with Crippen LogP contribution in [0.4, 0.5) is 0 Å². The Labute approximate surface area is 125 Å². The average molecular weight is 277 g/mol. The van der Waals surface area contributed by atoms with Crippen molar-refractivity contribution in [2.24, 2.45) is 0 Å². The number of pyridine rings is 1. The van der Waals surface area contributed by atoms with Crippen molar-refractivity contribution in [1.82, 2.24) is 4.98 Å².